The average Bonchev–Trinajstić information content (AvgIpc) is 2.86. The largest absolute Gasteiger partial charge is 0.477 e. The van der Waals surface area contributed by atoms with Gasteiger partial charge in [-0.1, -0.05) is 12.8 Å². The highest BCUT2D eigenvalue weighted by molar-refractivity contribution is 7.13. The minimum atomic E-state index is -0.956. The molecule has 0 spiro atoms. The van der Waals surface area contributed by atoms with Crippen molar-refractivity contribution in [3.63, 3.8) is 0 Å². The summed E-state index contributed by atoms with van der Waals surface area (Å²) in [7, 11) is 1.53. The van der Waals surface area contributed by atoms with Gasteiger partial charge in [-0.15, -0.1) is 11.3 Å². The molecule has 1 aliphatic rings. The van der Waals surface area contributed by atoms with Crippen LogP contribution < -0.4 is 5.73 Å². The molecule has 0 aromatic carbocycles. The topological polar surface area (TPSA) is 85.4 Å². The maximum Gasteiger partial charge on any atom is 0.347 e. The zero-order valence-corrected chi connectivity index (χ0v) is 10.5. The number of aromatic carboxylic acids is 1. The van der Waals surface area contributed by atoms with Crippen molar-refractivity contribution in [2.75, 3.05) is 7.11 Å². The Hall–Kier alpha value is -0.980. The van der Waals surface area contributed by atoms with Crippen molar-refractivity contribution < 1.29 is 14.6 Å². The standard InChI is InChI=1S/C11H16N2O3S/c1-16-6-7-8(9(14)15)17-10(13-7)11(12)4-2-3-5-11/h2-6,12H2,1H3,(H,14,15). The number of methoxy groups -OCH3 is 1. The molecule has 0 aliphatic heterocycles. The van der Waals surface area contributed by atoms with E-state index in [-0.39, 0.29) is 11.5 Å². The van der Waals surface area contributed by atoms with Crippen molar-refractivity contribution in [3.8, 4) is 0 Å². The fourth-order valence-corrected chi connectivity index (χ4v) is 3.25. The average molecular weight is 256 g/mol. The summed E-state index contributed by atoms with van der Waals surface area (Å²) in [6, 6.07) is 0. The van der Waals surface area contributed by atoms with Gasteiger partial charge in [-0.2, -0.15) is 0 Å². The number of carbonyl (C=O) groups is 1. The van der Waals surface area contributed by atoms with Crippen LogP contribution in [0.3, 0.4) is 0 Å². The van der Waals surface area contributed by atoms with Crippen LogP contribution in [0.15, 0.2) is 0 Å². The number of carboxylic acids is 1. The molecular formula is C11H16N2O3S. The quantitative estimate of drug-likeness (QED) is 0.856. The molecule has 1 saturated carbocycles. The lowest BCUT2D eigenvalue weighted by molar-refractivity contribution is 0.0697. The van der Waals surface area contributed by atoms with Gasteiger partial charge in [0.1, 0.15) is 9.88 Å². The summed E-state index contributed by atoms with van der Waals surface area (Å²) in [4.78, 5) is 15.7. The number of hydrogen-bond acceptors (Lipinski definition) is 5. The van der Waals surface area contributed by atoms with Crippen LogP contribution in [0.1, 0.15) is 46.1 Å². The van der Waals surface area contributed by atoms with Crippen molar-refractivity contribution in [2.24, 2.45) is 5.73 Å². The number of nitrogens with two attached hydrogens (primary N) is 1. The molecule has 1 aromatic rings. The first kappa shape index (κ1) is 12.5. The molecule has 94 valence electrons. The molecule has 1 aliphatic carbocycles. The summed E-state index contributed by atoms with van der Waals surface area (Å²) in [5, 5.41) is 9.84. The third kappa shape index (κ3) is 2.34. The SMILES string of the molecule is COCc1nc(C2(N)CCCC2)sc1C(=O)O. The third-order valence-electron chi connectivity index (χ3n) is 3.09. The second kappa shape index (κ2) is 4.72. The van der Waals surface area contributed by atoms with Crippen molar-refractivity contribution in [3.05, 3.63) is 15.6 Å². The minimum Gasteiger partial charge on any atom is -0.477 e. The van der Waals surface area contributed by atoms with Crippen LogP contribution in [0.4, 0.5) is 0 Å². The van der Waals surface area contributed by atoms with E-state index in [1.807, 2.05) is 0 Å². The van der Waals surface area contributed by atoms with Gasteiger partial charge in [0.15, 0.2) is 0 Å². The Morgan fingerprint density at radius 2 is 2.24 bits per heavy atom. The number of aromatic nitrogens is 1. The molecule has 0 amide bonds. The summed E-state index contributed by atoms with van der Waals surface area (Å²) in [6.45, 7) is 0.216. The second-order valence-electron chi connectivity index (χ2n) is 4.40. The number of rotatable bonds is 4. The van der Waals surface area contributed by atoms with Crippen LogP contribution in [0.5, 0.6) is 0 Å². The van der Waals surface area contributed by atoms with Gasteiger partial charge in [0.2, 0.25) is 0 Å². The zero-order valence-electron chi connectivity index (χ0n) is 9.73. The highest BCUT2D eigenvalue weighted by atomic mass is 32.1. The van der Waals surface area contributed by atoms with Gasteiger partial charge >= 0.3 is 5.97 Å². The van der Waals surface area contributed by atoms with Gasteiger partial charge in [-0.3, -0.25) is 0 Å². The summed E-state index contributed by atoms with van der Waals surface area (Å²) >= 11 is 1.19. The molecule has 1 fully saturated rings. The minimum absolute atomic E-state index is 0.216. The molecule has 1 aromatic heterocycles. The van der Waals surface area contributed by atoms with Crippen molar-refractivity contribution in [1.82, 2.24) is 4.98 Å². The number of carboxylic acid groups (broad SMARTS) is 1. The lowest BCUT2D eigenvalue weighted by Crippen LogP contribution is -2.32. The maximum absolute atomic E-state index is 11.1. The second-order valence-corrected chi connectivity index (χ2v) is 5.40. The van der Waals surface area contributed by atoms with Gasteiger partial charge in [0.25, 0.3) is 0 Å². The van der Waals surface area contributed by atoms with Gasteiger partial charge < -0.3 is 15.6 Å². The smallest absolute Gasteiger partial charge is 0.347 e. The molecule has 5 nitrogen and oxygen atoms in total. The Balaban J connectivity index is 2.36. The van der Waals surface area contributed by atoms with Crippen LogP contribution >= 0.6 is 11.3 Å². The van der Waals surface area contributed by atoms with E-state index in [9.17, 15) is 4.79 Å². The highest BCUT2D eigenvalue weighted by Crippen LogP contribution is 2.39. The molecule has 6 heteroatoms. The maximum atomic E-state index is 11.1. The Labute approximate surface area is 104 Å². The molecule has 0 bridgehead atoms. The van der Waals surface area contributed by atoms with E-state index < -0.39 is 11.5 Å². The lowest BCUT2D eigenvalue weighted by atomic mass is 10.0. The summed E-state index contributed by atoms with van der Waals surface area (Å²) in [5.41, 5.74) is 6.33. The Bertz CT molecular complexity index is 424. The first-order chi connectivity index (χ1) is 8.07. The highest BCUT2D eigenvalue weighted by Gasteiger charge is 2.35. The third-order valence-corrected chi connectivity index (χ3v) is 4.40. The lowest BCUT2D eigenvalue weighted by Gasteiger charge is -2.19. The Kier molecular flexibility index (Phi) is 3.46. The van der Waals surface area contributed by atoms with Crippen LogP contribution in [0.2, 0.25) is 0 Å². The summed E-state index contributed by atoms with van der Waals surface area (Å²) < 4.78 is 4.97. The summed E-state index contributed by atoms with van der Waals surface area (Å²) in [5.74, 6) is -0.956. The van der Waals surface area contributed by atoms with Crippen LogP contribution in [0.25, 0.3) is 0 Å². The van der Waals surface area contributed by atoms with Crippen molar-refractivity contribution in [2.45, 2.75) is 37.8 Å². The number of nitrogens with zero attached hydrogens (tertiary/aromatic N) is 1. The van der Waals surface area contributed by atoms with E-state index in [2.05, 4.69) is 4.98 Å². The van der Waals surface area contributed by atoms with E-state index in [4.69, 9.17) is 15.6 Å². The molecule has 0 atom stereocenters. The fourth-order valence-electron chi connectivity index (χ4n) is 2.19. The van der Waals surface area contributed by atoms with E-state index in [1.165, 1.54) is 18.4 Å². The molecule has 3 N–H and O–H groups in total. The molecule has 1 heterocycles. The number of hydrogen-bond donors (Lipinski definition) is 2. The zero-order chi connectivity index (χ0) is 12.5. The van der Waals surface area contributed by atoms with Crippen LogP contribution in [-0.2, 0) is 16.9 Å². The first-order valence-electron chi connectivity index (χ1n) is 5.58. The predicted octanol–water partition coefficient (Wildman–Crippen LogP) is 1.72. The van der Waals surface area contributed by atoms with Crippen molar-refractivity contribution >= 4 is 17.3 Å². The predicted molar refractivity (Wildman–Crippen MR) is 64.1 cm³/mol. The van der Waals surface area contributed by atoms with E-state index in [1.54, 1.807) is 0 Å². The van der Waals surface area contributed by atoms with Gasteiger partial charge in [-0.05, 0) is 12.8 Å². The normalized spacial score (nSPS) is 18.5. The number of ether oxygens (including phenoxy) is 1. The van der Waals surface area contributed by atoms with Gasteiger partial charge in [-0.25, -0.2) is 9.78 Å². The van der Waals surface area contributed by atoms with E-state index in [0.29, 0.717) is 5.69 Å². The Morgan fingerprint density at radius 3 is 2.76 bits per heavy atom. The van der Waals surface area contributed by atoms with E-state index in [0.717, 1.165) is 30.7 Å². The molecular weight excluding hydrogens is 240 g/mol. The molecule has 0 unspecified atom stereocenters. The monoisotopic (exact) mass is 256 g/mol. The van der Waals surface area contributed by atoms with Gasteiger partial charge in [0, 0.05) is 7.11 Å². The molecule has 0 saturated heterocycles. The van der Waals surface area contributed by atoms with Gasteiger partial charge in [0.05, 0.1) is 17.8 Å². The van der Waals surface area contributed by atoms with E-state index >= 15 is 0 Å². The Morgan fingerprint density at radius 1 is 1.59 bits per heavy atom. The molecule has 17 heavy (non-hydrogen) atoms. The van der Waals surface area contributed by atoms with Crippen LogP contribution in [-0.4, -0.2) is 23.2 Å². The molecule has 0 radical (unpaired) electrons. The van der Waals surface area contributed by atoms with Crippen LogP contribution in [0, 0.1) is 0 Å². The first-order valence-corrected chi connectivity index (χ1v) is 6.40. The number of thiazole rings is 1. The molecule has 2 rings (SSSR count). The fraction of sp³-hybridized carbons (Fsp3) is 0.636. The van der Waals surface area contributed by atoms with Crippen molar-refractivity contribution in [1.29, 1.82) is 0 Å². The summed E-state index contributed by atoms with van der Waals surface area (Å²) in [6.07, 6.45) is 3.92.